The topological polar surface area (TPSA) is 101 Å². The van der Waals surface area contributed by atoms with Crippen LogP contribution in [0, 0.1) is 34.5 Å². The van der Waals surface area contributed by atoms with Gasteiger partial charge >= 0.3 is 11.9 Å². The molecule has 32 heavy (non-hydrogen) atoms. The molecule has 0 spiro atoms. The molecular formula is C26H34O6. The van der Waals surface area contributed by atoms with Gasteiger partial charge in [0.05, 0.1) is 18.9 Å². The number of allylic oxidation sites excluding steroid dienone is 4. The number of carboxylic acids is 1. The van der Waals surface area contributed by atoms with Gasteiger partial charge in [-0.25, -0.2) is 0 Å². The maximum atomic E-state index is 13.2. The molecule has 3 unspecified atom stereocenters. The first kappa shape index (κ1) is 23.0. The van der Waals surface area contributed by atoms with Gasteiger partial charge in [0.1, 0.15) is 6.61 Å². The molecule has 0 saturated heterocycles. The van der Waals surface area contributed by atoms with Crippen LogP contribution in [0.25, 0.3) is 0 Å². The van der Waals surface area contributed by atoms with Gasteiger partial charge < -0.3 is 14.9 Å². The second kappa shape index (κ2) is 8.29. The molecule has 174 valence electrons. The van der Waals surface area contributed by atoms with Gasteiger partial charge in [-0.05, 0) is 55.8 Å². The van der Waals surface area contributed by atoms with Gasteiger partial charge in [0.25, 0.3) is 0 Å². The van der Waals surface area contributed by atoms with E-state index >= 15 is 0 Å². The van der Waals surface area contributed by atoms with Gasteiger partial charge in [-0.1, -0.05) is 49.3 Å². The molecule has 6 nitrogen and oxygen atoms in total. The van der Waals surface area contributed by atoms with Crippen LogP contribution in [0.2, 0.25) is 0 Å². The molecule has 2 saturated carbocycles. The summed E-state index contributed by atoms with van der Waals surface area (Å²) in [7, 11) is 0. The summed E-state index contributed by atoms with van der Waals surface area (Å²) in [5.41, 5.74) is 2.41. The Kier molecular flexibility index (Phi) is 5.95. The van der Waals surface area contributed by atoms with E-state index in [1.807, 2.05) is 12.2 Å². The highest BCUT2D eigenvalue weighted by atomic mass is 16.5. The van der Waals surface area contributed by atoms with Gasteiger partial charge in [-0.15, -0.1) is 0 Å². The summed E-state index contributed by atoms with van der Waals surface area (Å²) in [5, 5.41) is 18.8. The molecule has 0 bridgehead atoms. The van der Waals surface area contributed by atoms with E-state index in [4.69, 9.17) is 9.84 Å². The fourth-order valence-electron chi connectivity index (χ4n) is 7.22. The van der Waals surface area contributed by atoms with Crippen LogP contribution in [-0.2, 0) is 19.1 Å². The van der Waals surface area contributed by atoms with E-state index in [2.05, 4.69) is 32.9 Å². The molecule has 0 aromatic heterocycles. The SMILES string of the molecule is C[C@@H]1CC2C3CCC4=CC(O)C=C[C@]4(C)C3=CC[C@]2(C)[C@H]1C(=O)COC(=O)CCC(=O)O. The smallest absolute Gasteiger partial charge is 0.306 e. The number of esters is 1. The van der Waals surface area contributed by atoms with Crippen molar-refractivity contribution in [3.63, 3.8) is 0 Å². The lowest BCUT2D eigenvalue weighted by molar-refractivity contribution is -0.152. The third kappa shape index (κ3) is 3.76. The minimum atomic E-state index is -1.06. The molecule has 0 radical (unpaired) electrons. The summed E-state index contributed by atoms with van der Waals surface area (Å²) in [6.07, 6.45) is 11.1. The Balaban J connectivity index is 1.52. The number of carbonyl (C=O) groups excluding carboxylic acids is 2. The first-order chi connectivity index (χ1) is 15.1. The number of ketones is 1. The van der Waals surface area contributed by atoms with Crippen molar-refractivity contribution in [2.45, 2.75) is 65.4 Å². The quantitative estimate of drug-likeness (QED) is 0.479. The lowest BCUT2D eigenvalue weighted by atomic mass is 9.52. The van der Waals surface area contributed by atoms with Crippen molar-refractivity contribution >= 4 is 17.7 Å². The van der Waals surface area contributed by atoms with Crippen LogP contribution in [0.1, 0.15) is 59.3 Å². The predicted molar refractivity (Wildman–Crippen MR) is 118 cm³/mol. The monoisotopic (exact) mass is 442 g/mol. The molecule has 0 amide bonds. The average Bonchev–Trinajstić information content (AvgIpc) is 3.01. The van der Waals surface area contributed by atoms with E-state index < -0.39 is 18.0 Å². The van der Waals surface area contributed by atoms with Crippen LogP contribution in [0.4, 0.5) is 0 Å². The highest BCUT2D eigenvalue weighted by Gasteiger charge is 2.59. The summed E-state index contributed by atoms with van der Waals surface area (Å²) in [6.45, 7) is 6.32. The van der Waals surface area contributed by atoms with Gasteiger partial charge in [0.15, 0.2) is 5.78 Å². The number of hydrogen-bond acceptors (Lipinski definition) is 5. The molecule has 4 aliphatic rings. The van der Waals surface area contributed by atoms with Crippen LogP contribution in [0.5, 0.6) is 0 Å². The summed E-state index contributed by atoms with van der Waals surface area (Å²) in [4.78, 5) is 35.6. The van der Waals surface area contributed by atoms with E-state index in [9.17, 15) is 19.5 Å². The molecule has 0 heterocycles. The normalized spacial score (nSPS) is 39.8. The van der Waals surface area contributed by atoms with Crippen LogP contribution >= 0.6 is 0 Å². The van der Waals surface area contributed by atoms with Crippen molar-refractivity contribution in [3.05, 3.63) is 35.5 Å². The van der Waals surface area contributed by atoms with Crippen molar-refractivity contribution in [3.8, 4) is 0 Å². The lowest BCUT2D eigenvalue weighted by Gasteiger charge is -2.52. The number of ether oxygens (including phenoxy) is 1. The Bertz CT molecular complexity index is 913. The summed E-state index contributed by atoms with van der Waals surface area (Å²) in [5.74, 6) is -0.903. The number of aliphatic hydroxyl groups is 1. The number of fused-ring (bicyclic) bond motifs is 5. The highest BCUT2D eigenvalue weighted by Crippen LogP contribution is 2.65. The van der Waals surface area contributed by atoms with E-state index in [1.54, 1.807) is 0 Å². The maximum Gasteiger partial charge on any atom is 0.306 e. The first-order valence-corrected chi connectivity index (χ1v) is 11.8. The van der Waals surface area contributed by atoms with E-state index in [-0.39, 0.29) is 47.9 Å². The Morgan fingerprint density at radius 2 is 1.97 bits per heavy atom. The Hall–Kier alpha value is -2.21. The number of carbonyl (C=O) groups is 3. The largest absolute Gasteiger partial charge is 0.481 e. The van der Waals surface area contributed by atoms with E-state index in [0.717, 1.165) is 25.7 Å². The van der Waals surface area contributed by atoms with Gasteiger partial charge in [-0.3, -0.25) is 14.4 Å². The highest BCUT2D eigenvalue weighted by molar-refractivity contribution is 5.86. The minimum Gasteiger partial charge on any atom is -0.481 e. The number of Topliss-reactive ketones (excluding diaryl/α,β-unsaturated/α-hetero) is 1. The molecule has 7 atom stereocenters. The van der Waals surface area contributed by atoms with E-state index in [0.29, 0.717) is 11.8 Å². The third-order valence-electron chi connectivity index (χ3n) is 8.65. The number of hydrogen-bond donors (Lipinski definition) is 2. The standard InChI is InChI=1S/C26H34O6/c1-15-12-20-18-5-4-16-13-17(27)8-10-25(16,2)19(18)9-11-26(20,3)24(15)21(28)14-32-23(31)7-6-22(29)30/h8-10,13,15,17-18,20,24,27H,4-7,11-12,14H2,1-3H3,(H,29,30)/t15-,17?,18?,20?,24-,25+,26+/m1/s1. The predicted octanol–water partition coefficient (Wildman–Crippen LogP) is 3.85. The first-order valence-electron chi connectivity index (χ1n) is 11.8. The Morgan fingerprint density at radius 3 is 2.69 bits per heavy atom. The third-order valence-corrected chi connectivity index (χ3v) is 8.65. The summed E-state index contributed by atoms with van der Waals surface area (Å²) in [6, 6.07) is 0. The number of aliphatic hydroxyl groups excluding tert-OH is 1. The molecule has 0 aliphatic heterocycles. The second-order valence-electron chi connectivity index (χ2n) is 10.6. The van der Waals surface area contributed by atoms with Crippen LogP contribution in [0.15, 0.2) is 35.5 Å². The van der Waals surface area contributed by atoms with Crippen molar-refractivity contribution < 1.29 is 29.3 Å². The number of rotatable bonds is 6. The minimum absolute atomic E-state index is 0.0497. The number of carboxylic acid groups (broad SMARTS) is 1. The molecule has 4 rings (SSSR count). The van der Waals surface area contributed by atoms with Crippen LogP contribution in [0.3, 0.4) is 0 Å². The molecule has 2 N–H and O–H groups in total. The van der Waals surface area contributed by atoms with Crippen molar-refractivity contribution in [1.82, 2.24) is 0 Å². The van der Waals surface area contributed by atoms with Gasteiger partial charge in [0, 0.05) is 11.3 Å². The van der Waals surface area contributed by atoms with Crippen LogP contribution in [-0.4, -0.2) is 40.6 Å². The fourth-order valence-corrected chi connectivity index (χ4v) is 7.22. The zero-order valence-electron chi connectivity index (χ0n) is 19.2. The zero-order chi connectivity index (χ0) is 23.3. The fraction of sp³-hybridized carbons (Fsp3) is 0.654. The molecule has 0 aromatic rings. The van der Waals surface area contributed by atoms with Crippen molar-refractivity contribution in [1.29, 1.82) is 0 Å². The van der Waals surface area contributed by atoms with E-state index in [1.165, 1.54) is 11.1 Å². The molecule has 2 fully saturated rings. The Morgan fingerprint density at radius 1 is 1.22 bits per heavy atom. The Labute approximate surface area is 189 Å². The van der Waals surface area contributed by atoms with Crippen LogP contribution < -0.4 is 0 Å². The van der Waals surface area contributed by atoms with Gasteiger partial charge in [0.2, 0.25) is 0 Å². The molecule has 4 aliphatic carbocycles. The zero-order valence-corrected chi connectivity index (χ0v) is 19.2. The van der Waals surface area contributed by atoms with Crippen molar-refractivity contribution in [2.24, 2.45) is 34.5 Å². The lowest BCUT2D eigenvalue weighted by Crippen LogP contribution is -2.45. The molecule has 0 aromatic carbocycles. The van der Waals surface area contributed by atoms with Crippen molar-refractivity contribution in [2.75, 3.05) is 6.61 Å². The maximum absolute atomic E-state index is 13.2. The second-order valence-corrected chi connectivity index (χ2v) is 10.6. The molecule has 6 heteroatoms. The average molecular weight is 443 g/mol. The summed E-state index contributed by atoms with van der Waals surface area (Å²) >= 11 is 0. The number of aliphatic carboxylic acids is 1. The van der Waals surface area contributed by atoms with Gasteiger partial charge in [-0.2, -0.15) is 0 Å². The summed E-state index contributed by atoms with van der Waals surface area (Å²) < 4.78 is 5.14. The molecular weight excluding hydrogens is 408 g/mol.